The molecule has 1 aromatic carbocycles. The van der Waals surface area contributed by atoms with E-state index in [1.807, 2.05) is 0 Å². The SMILES string of the molecule is Fc1cc2oc(CNC3CC3)nc2cc1Cl. The van der Waals surface area contributed by atoms with Gasteiger partial charge in [-0.3, -0.25) is 0 Å². The number of benzene rings is 1. The lowest BCUT2D eigenvalue weighted by molar-refractivity contribution is 0.493. The van der Waals surface area contributed by atoms with Crippen molar-refractivity contribution >= 4 is 22.7 Å². The molecule has 0 atom stereocenters. The second-order valence-corrected chi connectivity index (χ2v) is 4.40. The van der Waals surface area contributed by atoms with Gasteiger partial charge in [0.05, 0.1) is 11.6 Å². The van der Waals surface area contributed by atoms with Gasteiger partial charge in [0.1, 0.15) is 11.3 Å². The molecule has 1 saturated carbocycles. The molecule has 1 N–H and O–H groups in total. The minimum absolute atomic E-state index is 0.0718. The van der Waals surface area contributed by atoms with Gasteiger partial charge in [-0.15, -0.1) is 0 Å². The van der Waals surface area contributed by atoms with E-state index >= 15 is 0 Å². The number of hydrogen-bond acceptors (Lipinski definition) is 3. The maximum atomic E-state index is 13.1. The Hall–Kier alpha value is -1.13. The number of nitrogens with zero attached hydrogens (tertiary/aromatic N) is 1. The third-order valence-corrected chi connectivity index (χ3v) is 2.88. The fraction of sp³-hybridized carbons (Fsp3) is 0.364. The molecule has 3 nitrogen and oxygen atoms in total. The Morgan fingerprint density at radius 3 is 3.06 bits per heavy atom. The molecule has 1 aromatic heterocycles. The molecule has 3 rings (SSSR count). The third kappa shape index (κ3) is 1.90. The molecule has 1 aliphatic rings. The number of oxazole rings is 1. The Kier molecular flexibility index (Phi) is 2.33. The van der Waals surface area contributed by atoms with E-state index in [2.05, 4.69) is 10.3 Å². The van der Waals surface area contributed by atoms with E-state index in [1.165, 1.54) is 25.0 Å². The minimum atomic E-state index is -0.480. The molecule has 0 aliphatic heterocycles. The largest absolute Gasteiger partial charge is 0.439 e. The van der Waals surface area contributed by atoms with Gasteiger partial charge in [-0.05, 0) is 18.9 Å². The molecule has 5 heteroatoms. The van der Waals surface area contributed by atoms with Crippen LogP contribution in [0.15, 0.2) is 16.5 Å². The Morgan fingerprint density at radius 1 is 1.50 bits per heavy atom. The van der Waals surface area contributed by atoms with E-state index in [0.29, 0.717) is 29.6 Å². The van der Waals surface area contributed by atoms with Gasteiger partial charge in [0, 0.05) is 12.1 Å². The minimum Gasteiger partial charge on any atom is -0.439 e. The van der Waals surface area contributed by atoms with Crippen molar-refractivity contribution in [1.82, 2.24) is 10.3 Å². The average Bonchev–Trinajstić information content (AvgIpc) is 2.99. The summed E-state index contributed by atoms with van der Waals surface area (Å²) in [7, 11) is 0. The summed E-state index contributed by atoms with van der Waals surface area (Å²) >= 11 is 5.66. The van der Waals surface area contributed by atoms with Gasteiger partial charge in [0.25, 0.3) is 0 Å². The highest BCUT2D eigenvalue weighted by Gasteiger charge is 2.21. The average molecular weight is 241 g/mol. The Labute approximate surface area is 96.6 Å². The highest BCUT2D eigenvalue weighted by molar-refractivity contribution is 6.31. The van der Waals surface area contributed by atoms with Crippen LogP contribution >= 0.6 is 11.6 Å². The highest BCUT2D eigenvalue weighted by Crippen LogP contribution is 2.24. The van der Waals surface area contributed by atoms with Gasteiger partial charge in [-0.25, -0.2) is 9.37 Å². The summed E-state index contributed by atoms with van der Waals surface area (Å²) in [5.41, 5.74) is 1.04. The Balaban J connectivity index is 1.89. The first-order valence-electron chi connectivity index (χ1n) is 5.20. The molecule has 0 bridgehead atoms. The number of halogens is 2. The highest BCUT2D eigenvalue weighted by atomic mass is 35.5. The number of rotatable bonds is 3. The molecule has 0 unspecified atom stereocenters. The molecule has 16 heavy (non-hydrogen) atoms. The maximum Gasteiger partial charge on any atom is 0.209 e. The normalized spacial score (nSPS) is 15.9. The first-order chi connectivity index (χ1) is 7.72. The maximum absolute atomic E-state index is 13.1. The van der Waals surface area contributed by atoms with E-state index in [9.17, 15) is 4.39 Å². The smallest absolute Gasteiger partial charge is 0.209 e. The monoisotopic (exact) mass is 240 g/mol. The van der Waals surface area contributed by atoms with Crippen LogP contribution in [-0.4, -0.2) is 11.0 Å². The van der Waals surface area contributed by atoms with Gasteiger partial charge < -0.3 is 9.73 Å². The van der Waals surface area contributed by atoms with Crippen molar-refractivity contribution < 1.29 is 8.81 Å². The molecule has 0 saturated heterocycles. The predicted molar refractivity (Wildman–Crippen MR) is 58.8 cm³/mol. The van der Waals surface area contributed by atoms with Crippen LogP contribution in [0.2, 0.25) is 5.02 Å². The van der Waals surface area contributed by atoms with Crippen molar-refractivity contribution in [3.63, 3.8) is 0 Å². The van der Waals surface area contributed by atoms with Crippen LogP contribution in [0.25, 0.3) is 11.1 Å². The molecule has 84 valence electrons. The fourth-order valence-electron chi connectivity index (χ4n) is 1.57. The molecule has 0 radical (unpaired) electrons. The van der Waals surface area contributed by atoms with Crippen molar-refractivity contribution in [3.05, 3.63) is 28.9 Å². The van der Waals surface area contributed by atoms with Crippen LogP contribution < -0.4 is 5.32 Å². The van der Waals surface area contributed by atoms with Gasteiger partial charge in [-0.1, -0.05) is 11.6 Å². The number of nitrogens with one attached hydrogen (secondary N) is 1. The summed E-state index contributed by atoms with van der Waals surface area (Å²) in [4.78, 5) is 4.23. The van der Waals surface area contributed by atoms with E-state index < -0.39 is 5.82 Å². The first kappa shape index (κ1) is 10.1. The van der Waals surface area contributed by atoms with E-state index in [4.69, 9.17) is 16.0 Å². The van der Waals surface area contributed by atoms with Crippen molar-refractivity contribution in [1.29, 1.82) is 0 Å². The zero-order valence-corrected chi connectivity index (χ0v) is 9.22. The summed E-state index contributed by atoms with van der Waals surface area (Å²) in [6, 6.07) is 3.34. The molecule has 1 aliphatic carbocycles. The summed E-state index contributed by atoms with van der Waals surface area (Å²) in [6.07, 6.45) is 2.42. The second kappa shape index (κ2) is 3.71. The van der Waals surface area contributed by atoms with Crippen molar-refractivity contribution in [2.45, 2.75) is 25.4 Å². The lowest BCUT2D eigenvalue weighted by atomic mass is 10.3. The van der Waals surface area contributed by atoms with Crippen LogP contribution in [0.1, 0.15) is 18.7 Å². The lowest BCUT2D eigenvalue weighted by Gasteiger charge is -1.95. The third-order valence-electron chi connectivity index (χ3n) is 2.59. The number of fused-ring (bicyclic) bond motifs is 1. The van der Waals surface area contributed by atoms with Gasteiger partial charge >= 0.3 is 0 Å². The van der Waals surface area contributed by atoms with E-state index in [0.717, 1.165) is 0 Å². The molecule has 0 spiro atoms. The van der Waals surface area contributed by atoms with Crippen LogP contribution in [-0.2, 0) is 6.54 Å². The molecule has 0 amide bonds. The zero-order valence-electron chi connectivity index (χ0n) is 8.46. The van der Waals surface area contributed by atoms with E-state index in [-0.39, 0.29) is 5.02 Å². The summed E-state index contributed by atoms with van der Waals surface area (Å²) < 4.78 is 18.6. The van der Waals surface area contributed by atoms with Crippen molar-refractivity contribution in [3.8, 4) is 0 Å². The quantitative estimate of drug-likeness (QED) is 0.897. The fourth-order valence-corrected chi connectivity index (χ4v) is 1.72. The van der Waals surface area contributed by atoms with Crippen LogP contribution in [0, 0.1) is 5.82 Å². The van der Waals surface area contributed by atoms with Crippen LogP contribution in [0.3, 0.4) is 0 Å². The molecular formula is C11H10ClFN2O. The summed E-state index contributed by atoms with van der Waals surface area (Å²) in [6.45, 7) is 0.582. The van der Waals surface area contributed by atoms with Gasteiger partial charge in [0.2, 0.25) is 5.89 Å². The molecule has 1 fully saturated rings. The summed E-state index contributed by atoms with van der Waals surface area (Å²) in [5.74, 6) is 0.0931. The van der Waals surface area contributed by atoms with Crippen molar-refractivity contribution in [2.24, 2.45) is 0 Å². The Morgan fingerprint density at radius 2 is 2.31 bits per heavy atom. The van der Waals surface area contributed by atoms with Crippen LogP contribution in [0.4, 0.5) is 4.39 Å². The van der Waals surface area contributed by atoms with Crippen molar-refractivity contribution in [2.75, 3.05) is 0 Å². The summed E-state index contributed by atoms with van der Waals surface area (Å²) in [5, 5.41) is 3.35. The molecular weight excluding hydrogens is 231 g/mol. The number of hydrogen-bond donors (Lipinski definition) is 1. The zero-order chi connectivity index (χ0) is 11.1. The first-order valence-corrected chi connectivity index (χ1v) is 5.58. The number of aromatic nitrogens is 1. The van der Waals surface area contributed by atoms with Crippen LogP contribution in [0.5, 0.6) is 0 Å². The van der Waals surface area contributed by atoms with E-state index in [1.54, 1.807) is 0 Å². The molecule has 2 aromatic rings. The van der Waals surface area contributed by atoms with Gasteiger partial charge in [-0.2, -0.15) is 0 Å². The lowest BCUT2D eigenvalue weighted by Crippen LogP contribution is -2.15. The standard InChI is InChI=1S/C11H10ClFN2O/c12-7-3-9-10(4-8(7)13)16-11(15-9)5-14-6-1-2-6/h3-4,6,14H,1-2,5H2. The topological polar surface area (TPSA) is 38.1 Å². The Bertz CT molecular complexity index is 497. The second-order valence-electron chi connectivity index (χ2n) is 4.00. The predicted octanol–water partition coefficient (Wildman–Crippen LogP) is 2.87. The molecule has 1 heterocycles. The van der Waals surface area contributed by atoms with Gasteiger partial charge in [0.15, 0.2) is 5.58 Å².